The van der Waals surface area contributed by atoms with E-state index in [1.54, 1.807) is 28.4 Å². The molecule has 0 spiro atoms. The molecule has 2 aromatic heterocycles. The maximum absolute atomic E-state index is 13.1. The highest BCUT2D eigenvalue weighted by molar-refractivity contribution is 5.88. The quantitative estimate of drug-likeness (QED) is 0.0670. The van der Waals surface area contributed by atoms with Crippen LogP contribution in [0.1, 0.15) is 11.5 Å². The zero-order valence-corrected chi connectivity index (χ0v) is 29.0. The Morgan fingerprint density at radius 1 is 0.519 bits per heavy atom. The number of ether oxygens (including phenoxy) is 4. The predicted octanol–water partition coefficient (Wildman–Crippen LogP) is 5.84. The number of rotatable bonds is 15. The van der Waals surface area contributed by atoms with Crippen LogP contribution in [0.3, 0.4) is 0 Å². The van der Waals surface area contributed by atoms with Crippen LogP contribution in [-0.4, -0.2) is 57.2 Å². The van der Waals surface area contributed by atoms with Gasteiger partial charge in [0.05, 0.1) is 59.1 Å². The van der Waals surface area contributed by atoms with Crippen LogP contribution in [0.4, 0.5) is 0 Å². The summed E-state index contributed by atoms with van der Waals surface area (Å²) in [5, 5.41) is 11.4. The SMILES string of the molecule is COc1ccc(-c2noc(CC(=O)NCNNC(=O)Cc3onc(-c4ccc(OC)cc4)c3-c3ccc(OC)cc3)c2-c2ccc(OC)cc2)cc1. The predicted molar refractivity (Wildman–Crippen MR) is 193 cm³/mol. The Kier molecular flexibility index (Phi) is 11.1. The third-order valence-corrected chi connectivity index (χ3v) is 8.25. The van der Waals surface area contributed by atoms with Crippen molar-refractivity contribution in [3.8, 4) is 67.8 Å². The zero-order chi connectivity index (χ0) is 36.5. The number of carbonyl (C=O) groups is 2. The van der Waals surface area contributed by atoms with E-state index < -0.39 is 5.91 Å². The monoisotopic (exact) mass is 703 g/mol. The highest BCUT2D eigenvalue weighted by Crippen LogP contribution is 2.38. The maximum atomic E-state index is 13.1. The molecule has 0 aliphatic rings. The lowest BCUT2D eigenvalue weighted by Gasteiger charge is -2.10. The lowest BCUT2D eigenvalue weighted by molar-refractivity contribution is -0.123. The molecule has 0 saturated carbocycles. The minimum absolute atomic E-state index is 0.0548. The van der Waals surface area contributed by atoms with E-state index in [1.807, 2.05) is 97.1 Å². The number of methoxy groups -OCH3 is 4. The third-order valence-electron chi connectivity index (χ3n) is 8.25. The fraction of sp³-hybridized carbons (Fsp3) is 0.179. The number of aromatic nitrogens is 2. The molecule has 266 valence electrons. The summed E-state index contributed by atoms with van der Waals surface area (Å²) < 4.78 is 32.6. The Bertz CT molecular complexity index is 1950. The van der Waals surface area contributed by atoms with Gasteiger partial charge in [-0.25, -0.2) is 5.43 Å². The van der Waals surface area contributed by atoms with Crippen molar-refractivity contribution in [2.45, 2.75) is 12.8 Å². The molecule has 3 N–H and O–H groups in total. The van der Waals surface area contributed by atoms with Gasteiger partial charge < -0.3 is 33.3 Å². The van der Waals surface area contributed by atoms with E-state index in [0.717, 1.165) is 22.3 Å². The van der Waals surface area contributed by atoms with Crippen molar-refractivity contribution in [3.63, 3.8) is 0 Å². The minimum Gasteiger partial charge on any atom is -0.497 e. The van der Waals surface area contributed by atoms with Crippen molar-refractivity contribution in [3.05, 3.63) is 109 Å². The van der Waals surface area contributed by atoms with E-state index in [4.69, 9.17) is 28.0 Å². The third kappa shape index (κ3) is 8.06. The van der Waals surface area contributed by atoms with Gasteiger partial charge in [-0.05, 0) is 83.9 Å². The standard InChI is InChI=1S/C39H37N5O8/c1-47-28-13-5-24(6-14-28)36-32(51-43-38(36)26-9-17-30(49-3)18-10-26)21-34(45)40-23-41-42-35(46)22-33-37(25-7-15-29(48-2)16-8-25)39(44-52-33)27-11-19-31(50-4)20-12-27/h5-20,41H,21-23H2,1-4H3,(H,40,45)(H,42,46). The number of carbonyl (C=O) groups excluding carboxylic acids is 2. The van der Waals surface area contributed by atoms with Crippen LogP contribution in [0.25, 0.3) is 44.8 Å². The molecule has 6 aromatic rings. The molecule has 52 heavy (non-hydrogen) atoms. The van der Waals surface area contributed by atoms with E-state index >= 15 is 0 Å². The molecule has 4 aromatic carbocycles. The van der Waals surface area contributed by atoms with Crippen molar-refractivity contribution >= 4 is 11.8 Å². The van der Waals surface area contributed by atoms with Gasteiger partial charge in [0, 0.05) is 11.1 Å². The lowest BCUT2D eigenvalue weighted by atomic mass is 9.98. The van der Waals surface area contributed by atoms with Crippen LogP contribution >= 0.6 is 0 Å². The van der Waals surface area contributed by atoms with Crippen LogP contribution in [0, 0.1) is 0 Å². The average Bonchev–Trinajstić information content (AvgIpc) is 3.80. The Labute approximate surface area is 299 Å². The zero-order valence-electron chi connectivity index (χ0n) is 29.0. The van der Waals surface area contributed by atoms with Gasteiger partial charge >= 0.3 is 0 Å². The Balaban J connectivity index is 1.10. The van der Waals surface area contributed by atoms with E-state index in [0.29, 0.717) is 57.0 Å². The average molecular weight is 704 g/mol. The van der Waals surface area contributed by atoms with Gasteiger partial charge in [-0.3, -0.25) is 15.0 Å². The largest absolute Gasteiger partial charge is 0.497 e. The molecule has 13 heteroatoms. The Morgan fingerprint density at radius 2 is 0.865 bits per heavy atom. The molecule has 0 unspecified atom stereocenters. The van der Waals surface area contributed by atoms with Crippen LogP contribution in [0.15, 0.2) is 106 Å². The highest BCUT2D eigenvalue weighted by Gasteiger charge is 2.23. The number of nitrogens with one attached hydrogen (secondary N) is 3. The normalized spacial score (nSPS) is 10.8. The topological polar surface area (TPSA) is 159 Å². The number of benzene rings is 4. The van der Waals surface area contributed by atoms with Crippen molar-refractivity contribution < 1.29 is 37.6 Å². The lowest BCUT2D eigenvalue weighted by Crippen LogP contribution is -2.45. The smallest absolute Gasteiger partial charge is 0.241 e. The molecule has 0 aliphatic carbocycles. The second kappa shape index (κ2) is 16.4. The summed E-state index contributed by atoms with van der Waals surface area (Å²) in [5.74, 6) is 2.77. The molecule has 0 fully saturated rings. The van der Waals surface area contributed by atoms with Gasteiger partial charge in [0.1, 0.15) is 34.4 Å². The van der Waals surface area contributed by atoms with Crippen molar-refractivity contribution in [2.24, 2.45) is 0 Å². The summed E-state index contributed by atoms with van der Waals surface area (Å²) in [4.78, 5) is 26.1. The summed E-state index contributed by atoms with van der Waals surface area (Å²) in [6.07, 6.45) is -0.222. The first-order valence-corrected chi connectivity index (χ1v) is 16.2. The number of hydrazine groups is 1. The van der Waals surface area contributed by atoms with E-state index in [1.165, 1.54) is 0 Å². The highest BCUT2D eigenvalue weighted by atomic mass is 16.5. The van der Waals surface area contributed by atoms with Gasteiger partial charge in [0.2, 0.25) is 11.8 Å². The van der Waals surface area contributed by atoms with Crippen LogP contribution in [0.2, 0.25) is 0 Å². The molecular formula is C39H37N5O8. The van der Waals surface area contributed by atoms with Gasteiger partial charge in [-0.15, -0.1) is 0 Å². The van der Waals surface area contributed by atoms with Crippen LogP contribution < -0.4 is 35.1 Å². The Hall–Kier alpha value is -6.60. The molecule has 0 radical (unpaired) electrons. The number of hydrogen-bond acceptors (Lipinski definition) is 11. The number of amides is 2. The molecule has 2 amide bonds. The van der Waals surface area contributed by atoms with Crippen LogP contribution in [0.5, 0.6) is 23.0 Å². The first-order valence-electron chi connectivity index (χ1n) is 16.2. The van der Waals surface area contributed by atoms with Crippen LogP contribution in [-0.2, 0) is 22.4 Å². The summed E-state index contributed by atoms with van der Waals surface area (Å²) in [6, 6.07) is 29.6. The van der Waals surface area contributed by atoms with E-state index in [-0.39, 0.29) is 25.4 Å². The summed E-state index contributed by atoms with van der Waals surface area (Å²) in [6.45, 7) is -0.0548. The van der Waals surface area contributed by atoms with Crippen molar-refractivity contribution in [1.82, 2.24) is 26.5 Å². The van der Waals surface area contributed by atoms with E-state index in [2.05, 4.69) is 26.5 Å². The first-order chi connectivity index (χ1) is 25.4. The minimum atomic E-state index is -0.400. The summed E-state index contributed by atoms with van der Waals surface area (Å²) >= 11 is 0. The maximum Gasteiger partial charge on any atom is 0.241 e. The van der Waals surface area contributed by atoms with Gasteiger partial charge in [0.25, 0.3) is 0 Å². The number of nitrogens with zero attached hydrogens (tertiary/aromatic N) is 2. The fourth-order valence-electron chi connectivity index (χ4n) is 5.58. The molecule has 13 nitrogen and oxygen atoms in total. The van der Waals surface area contributed by atoms with Gasteiger partial charge in [-0.2, -0.15) is 0 Å². The molecule has 0 atom stereocenters. The molecule has 0 saturated heterocycles. The molecule has 0 aliphatic heterocycles. The second-order valence-electron chi connectivity index (χ2n) is 11.4. The fourth-order valence-corrected chi connectivity index (χ4v) is 5.58. The van der Waals surface area contributed by atoms with Crippen molar-refractivity contribution in [2.75, 3.05) is 35.1 Å². The number of hydrogen-bond donors (Lipinski definition) is 3. The Morgan fingerprint density at radius 3 is 1.23 bits per heavy atom. The molecule has 2 heterocycles. The first kappa shape index (κ1) is 35.2. The summed E-state index contributed by atoms with van der Waals surface area (Å²) in [7, 11) is 6.38. The van der Waals surface area contributed by atoms with Gasteiger partial charge in [-0.1, -0.05) is 34.6 Å². The molecular weight excluding hydrogens is 666 g/mol. The van der Waals surface area contributed by atoms with Gasteiger partial charge in [0.15, 0.2) is 11.5 Å². The summed E-state index contributed by atoms with van der Waals surface area (Å²) in [5.41, 5.74) is 11.1. The van der Waals surface area contributed by atoms with E-state index in [9.17, 15) is 9.59 Å². The molecule has 0 bridgehead atoms. The molecule has 6 rings (SSSR count). The van der Waals surface area contributed by atoms with Crippen molar-refractivity contribution in [1.29, 1.82) is 0 Å². The second-order valence-corrected chi connectivity index (χ2v) is 11.4.